The van der Waals surface area contributed by atoms with E-state index >= 15 is 0 Å². The Balaban J connectivity index is 1.80. The van der Waals surface area contributed by atoms with Gasteiger partial charge in [0, 0.05) is 11.3 Å². The van der Waals surface area contributed by atoms with E-state index in [4.69, 9.17) is 15.3 Å². The van der Waals surface area contributed by atoms with Gasteiger partial charge in [0.1, 0.15) is 0 Å². The fraction of sp³-hybridized carbons (Fsp3) is 0.222. The van der Waals surface area contributed by atoms with Gasteiger partial charge in [0.15, 0.2) is 17.3 Å². The van der Waals surface area contributed by atoms with Crippen LogP contribution in [0.5, 0.6) is 11.5 Å². The summed E-state index contributed by atoms with van der Waals surface area (Å²) in [5.41, 5.74) is 3.27. The van der Waals surface area contributed by atoms with E-state index in [0.717, 1.165) is 11.3 Å². The molecular weight excluding hydrogens is 336 g/mol. The zero-order valence-corrected chi connectivity index (χ0v) is 15.2. The largest absolute Gasteiger partial charge is 0.493 e. The first kappa shape index (κ1) is 17.2. The number of nitrogen functional groups attached to an aromatic ring is 1. The molecule has 0 fully saturated rings. The highest BCUT2D eigenvalue weighted by Gasteiger charge is 2.14. The Kier molecular flexibility index (Phi) is 5.14. The molecule has 130 valence electrons. The number of thioether (sulfide) groups is 1. The van der Waals surface area contributed by atoms with E-state index in [0.29, 0.717) is 22.5 Å². The molecule has 7 heteroatoms. The van der Waals surface area contributed by atoms with Crippen molar-refractivity contribution in [2.24, 2.45) is 0 Å². The zero-order valence-electron chi connectivity index (χ0n) is 14.4. The third-order valence-corrected chi connectivity index (χ3v) is 4.81. The Labute approximate surface area is 150 Å². The molecule has 1 aromatic heterocycles. The van der Waals surface area contributed by atoms with Crippen LogP contribution in [0, 0.1) is 6.92 Å². The molecule has 3 aromatic rings. The maximum Gasteiger partial charge on any atom is 0.210 e. The molecule has 0 spiro atoms. The second-order valence-corrected chi connectivity index (χ2v) is 6.46. The molecule has 0 bridgehead atoms. The molecule has 0 unspecified atom stereocenters. The average Bonchev–Trinajstić information content (AvgIpc) is 3.01. The number of benzene rings is 2. The summed E-state index contributed by atoms with van der Waals surface area (Å²) in [6, 6.07) is 13.9. The number of hydrogen-bond acceptors (Lipinski definition) is 6. The molecule has 0 aliphatic heterocycles. The van der Waals surface area contributed by atoms with Crippen molar-refractivity contribution in [1.82, 2.24) is 14.9 Å². The summed E-state index contributed by atoms with van der Waals surface area (Å²) >= 11 is 1.55. The normalized spacial score (nSPS) is 10.7. The highest BCUT2D eigenvalue weighted by atomic mass is 32.2. The second kappa shape index (κ2) is 7.48. The second-order valence-electron chi connectivity index (χ2n) is 5.52. The van der Waals surface area contributed by atoms with Crippen molar-refractivity contribution in [3.05, 3.63) is 53.6 Å². The molecule has 0 atom stereocenters. The van der Waals surface area contributed by atoms with Crippen LogP contribution in [-0.2, 0) is 5.75 Å². The molecule has 0 radical (unpaired) electrons. The molecule has 25 heavy (non-hydrogen) atoms. The average molecular weight is 356 g/mol. The van der Waals surface area contributed by atoms with Gasteiger partial charge in [-0.15, -0.1) is 10.2 Å². The van der Waals surface area contributed by atoms with Crippen LogP contribution in [0.4, 0.5) is 0 Å². The van der Waals surface area contributed by atoms with Gasteiger partial charge in [0.05, 0.1) is 14.2 Å². The summed E-state index contributed by atoms with van der Waals surface area (Å²) < 4.78 is 12.1. The summed E-state index contributed by atoms with van der Waals surface area (Å²) in [6.45, 7) is 2.07. The first-order chi connectivity index (χ1) is 12.1. The standard InChI is InChI=1S/C18H20N4O2S/c1-12-4-6-13(7-5-12)11-25-18-21-20-17(22(18)19)14-8-9-15(23-2)16(10-14)24-3/h4-10H,11,19H2,1-3H3. The van der Waals surface area contributed by atoms with Crippen molar-refractivity contribution in [2.45, 2.75) is 17.8 Å². The molecule has 2 aromatic carbocycles. The van der Waals surface area contributed by atoms with Gasteiger partial charge in [0.25, 0.3) is 0 Å². The number of hydrogen-bond donors (Lipinski definition) is 1. The number of rotatable bonds is 6. The maximum absolute atomic E-state index is 6.18. The van der Waals surface area contributed by atoms with Crippen LogP contribution in [-0.4, -0.2) is 29.1 Å². The molecular formula is C18H20N4O2S. The van der Waals surface area contributed by atoms with E-state index in [1.807, 2.05) is 18.2 Å². The van der Waals surface area contributed by atoms with Crippen LogP contribution < -0.4 is 15.3 Å². The van der Waals surface area contributed by atoms with Crippen molar-refractivity contribution in [3.8, 4) is 22.9 Å². The lowest BCUT2D eigenvalue weighted by atomic mass is 10.2. The van der Waals surface area contributed by atoms with Crippen molar-refractivity contribution in [1.29, 1.82) is 0 Å². The summed E-state index contributed by atoms with van der Waals surface area (Å²) in [5, 5.41) is 9.07. The van der Waals surface area contributed by atoms with E-state index < -0.39 is 0 Å². The lowest BCUT2D eigenvalue weighted by Crippen LogP contribution is -2.11. The molecule has 0 aliphatic rings. The lowest BCUT2D eigenvalue weighted by Gasteiger charge is -2.09. The van der Waals surface area contributed by atoms with Crippen molar-refractivity contribution >= 4 is 11.8 Å². The molecule has 1 heterocycles. The van der Waals surface area contributed by atoms with Crippen molar-refractivity contribution in [2.75, 3.05) is 20.1 Å². The lowest BCUT2D eigenvalue weighted by molar-refractivity contribution is 0.355. The minimum atomic E-state index is 0.576. The Hall–Kier alpha value is -2.67. The number of nitrogens with zero attached hydrogens (tertiary/aromatic N) is 3. The third kappa shape index (κ3) is 3.71. The van der Waals surface area contributed by atoms with Crippen LogP contribution in [0.15, 0.2) is 47.6 Å². The molecule has 0 saturated heterocycles. The number of methoxy groups -OCH3 is 2. The molecule has 6 nitrogen and oxygen atoms in total. The molecule has 0 amide bonds. The van der Waals surface area contributed by atoms with Gasteiger partial charge in [-0.2, -0.15) is 0 Å². The minimum Gasteiger partial charge on any atom is -0.493 e. The maximum atomic E-state index is 6.18. The van der Waals surface area contributed by atoms with Gasteiger partial charge < -0.3 is 15.3 Å². The Bertz CT molecular complexity index is 862. The van der Waals surface area contributed by atoms with Gasteiger partial charge in [-0.25, -0.2) is 4.68 Å². The van der Waals surface area contributed by atoms with Crippen molar-refractivity contribution in [3.63, 3.8) is 0 Å². The minimum absolute atomic E-state index is 0.576. The van der Waals surface area contributed by atoms with E-state index in [9.17, 15) is 0 Å². The number of aromatic nitrogens is 3. The predicted octanol–water partition coefficient (Wildman–Crippen LogP) is 3.28. The summed E-state index contributed by atoms with van der Waals surface area (Å²) in [6.07, 6.45) is 0. The van der Waals surface area contributed by atoms with E-state index in [-0.39, 0.29) is 0 Å². The predicted molar refractivity (Wildman–Crippen MR) is 99.5 cm³/mol. The SMILES string of the molecule is COc1ccc(-c2nnc(SCc3ccc(C)cc3)n2N)cc1OC. The van der Waals surface area contributed by atoms with Crippen LogP contribution in [0.1, 0.15) is 11.1 Å². The smallest absolute Gasteiger partial charge is 0.210 e. The summed E-state index contributed by atoms with van der Waals surface area (Å²) in [4.78, 5) is 0. The van der Waals surface area contributed by atoms with Gasteiger partial charge in [-0.3, -0.25) is 0 Å². The highest BCUT2D eigenvalue weighted by molar-refractivity contribution is 7.98. The molecule has 0 saturated carbocycles. The van der Waals surface area contributed by atoms with Crippen LogP contribution in [0.2, 0.25) is 0 Å². The van der Waals surface area contributed by atoms with Crippen molar-refractivity contribution < 1.29 is 9.47 Å². The Morgan fingerprint density at radius 1 is 1.00 bits per heavy atom. The van der Waals surface area contributed by atoms with Crippen LogP contribution in [0.3, 0.4) is 0 Å². The van der Waals surface area contributed by atoms with Gasteiger partial charge in [-0.1, -0.05) is 41.6 Å². The summed E-state index contributed by atoms with van der Waals surface area (Å²) in [7, 11) is 3.19. The topological polar surface area (TPSA) is 75.2 Å². The molecule has 0 aliphatic carbocycles. The Morgan fingerprint density at radius 2 is 1.72 bits per heavy atom. The first-order valence-electron chi connectivity index (χ1n) is 7.73. The monoisotopic (exact) mass is 356 g/mol. The number of nitrogens with two attached hydrogens (primary N) is 1. The van der Waals surface area contributed by atoms with Crippen LogP contribution >= 0.6 is 11.8 Å². The van der Waals surface area contributed by atoms with E-state index in [1.54, 1.807) is 26.0 Å². The quantitative estimate of drug-likeness (QED) is 0.540. The Morgan fingerprint density at radius 3 is 2.40 bits per heavy atom. The molecule has 2 N–H and O–H groups in total. The fourth-order valence-corrected chi connectivity index (χ4v) is 3.19. The van der Waals surface area contributed by atoms with E-state index in [2.05, 4.69) is 41.4 Å². The molecule has 3 rings (SSSR count). The number of ether oxygens (including phenoxy) is 2. The van der Waals surface area contributed by atoms with Gasteiger partial charge in [-0.05, 0) is 30.7 Å². The third-order valence-electron chi connectivity index (χ3n) is 3.79. The summed E-state index contributed by atoms with van der Waals surface area (Å²) in [5.74, 6) is 8.82. The number of aryl methyl sites for hydroxylation is 1. The first-order valence-corrected chi connectivity index (χ1v) is 8.72. The van der Waals surface area contributed by atoms with E-state index in [1.165, 1.54) is 15.8 Å². The highest BCUT2D eigenvalue weighted by Crippen LogP contribution is 2.32. The fourth-order valence-electron chi connectivity index (χ4n) is 2.38. The zero-order chi connectivity index (χ0) is 17.8. The van der Waals surface area contributed by atoms with Crippen LogP contribution in [0.25, 0.3) is 11.4 Å². The van der Waals surface area contributed by atoms with Gasteiger partial charge >= 0.3 is 0 Å². The van der Waals surface area contributed by atoms with Gasteiger partial charge in [0.2, 0.25) is 5.16 Å².